The molecule has 9 rings (SSSR count). The van der Waals surface area contributed by atoms with Gasteiger partial charge in [-0.05, 0) is 106 Å². The summed E-state index contributed by atoms with van der Waals surface area (Å²) in [6.45, 7) is 0. The summed E-state index contributed by atoms with van der Waals surface area (Å²) in [5.74, 6) is 0.208. The lowest BCUT2D eigenvalue weighted by atomic mass is 9.94. The van der Waals surface area contributed by atoms with Gasteiger partial charge in [-0.15, -0.1) is 0 Å². The molecule has 1 heterocycles. The van der Waals surface area contributed by atoms with E-state index >= 15 is 0 Å². The molecule has 0 amide bonds. The first kappa shape index (κ1) is 31.3. The van der Waals surface area contributed by atoms with Gasteiger partial charge in [0, 0.05) is 40.8 Å². The number of fused-ring (bicyclic) bond motifs is 3. The predicted molar refractivity (Wildman–Crippen MR) is 222 cm³/mol. The number of hydrogen-bond acceptors (Lipinski definition) is 1. The van der Waals surface area contributed by atoms with Gasteiger partial charge in [0.05, 0.1) is 11.0 Å². The molecule has 0 saturated carbocycles. The predicted octanol–water partition coefficient (Wildman–Crippen LogP) is 13.2. The van der Waals surface area contributed by atoms with Crippen molar-refractivity contribution in [3.05, 3.63) is 217 Å². The van der Waals surface area contributed by atoms with Gasteiger partial charge < -0.3 is 9.47 Å². The summed E-state index contributed by atoms with van der Waals surface area (Å²) in [6, 6.07) is 63.6. The monoisotopic (exact) mass is 666 g/mol. The summed E-state index contributed by atoms with van der Waals surface area (Å²) < 4.78 is 2.41. The molecular formula is C50H38N2. The van der Waals surface area contributed by atoms with Gasteiger partial charge in [0.2, 0.25) is 0 Å². The van der Waals surface area contributed by atoms with E-state index in [1.807, 2.05) is 0 Å². The van der Waals surface area contributed by atoms with Crippen LogP contribution >= 0.6 is 0 Å². The number of anilines is 2. The fourth-order valence-electron chi connectivity index (χ4n) is 7.52. The fraction of sp³-hybridized carbons (Fsp3) is 0.0400. The van der Waals surface area contributed by atoms with Gasteiger partial charge in [-0.3, -0.25) is 0 Å². The third-order valence-corrected chi connectivity index (χ3v) is 10.3. The first-order valence-electron chi connectivity index (χ1n) is 17.9. The second-order valence-electron chi connectivity index (χ2n) is 13.5. The minimum absolute atomic E-state index is 0.208. The minimum atomic E-state index is 0.208. The quantitative estimate of drug-likeness (QED) is 0.164. The summed E-state index contributed by atoms with van der Waals surface area (Å²) in [4.78, 5) is 2.23. The number of para-hydroxylation sites is 1. The summed E-state index contributed by atoms with van der Waals surface area (Å²) in [5, 5.41) is 2.47. The van der Waals surface area contributed by atoms with Crippen molar-refractivity contribution in [2.75, 3.05) is 11.9 Å². The Balaban J connectivity index is 1.19. The maximum atomic E-state index is 2.41. The van der Waals surface area contributed by atoms with Crippen LogP contribution in [0.5, 0.6) is 0 Å². The maximum absolute atomic E-state index is 2.41. The van der Waals surface area contributed by atoms with Gasteiger partial charge in [0.25, 0.3) is 0 Å². The van der Waals surface area contributed by atoms with E-state index in [0.717, 1.165) is 17.1 Å². The standard InChI is InChI=1S/C50H38N2/c1-51(44-22-9-4-10-23-44)45-26-28-46(29-27-45)52-49-30-24-42(40-19-12-11-18-38(32-40)36-14-5-2-6-15-36)34-47(49)48-35-43(25-31-50(48)52)41-21-13-20-39(33-41)37-16-7-3-8-17-37/h2-35,38H,1H3. The van der Waals surface area contributed by atoms with Gasteiger partial charge in [0.1, 0.15) is 0 Å². The molecule has 0 N–H and O–H groups in total. The zero-order valence-corrected chi connectivity index (χ0v) is 29.1. The number of aromatic nitrogens is 1. The van der Waals surface area contributed by atoms with Gasteiger partial charge in [-0.25, -0.2) is 0 Å². The van der Waals surface area contributed by atoms with Gasteiger partial charge in [-0.2, -0.15) is 0 Å². The third-order valence-electron chi connectivity index (χ3n) is 10.3. The second kappa shape index (κ2) is 13.6. The van der Waals surface area contributed by atoms with Gasteiger partial charge in [-0.1, -0.05) is 140 Å². The Morgan fingerprint density at radius 3 is 1.73 bits per heavy atom. The molecule has 0 bridgehead atoms. The highest BCUT2D eigenvalue weighted by Crippen LogP contribution is 2.38. The van der Waals surface area contributed by atoms with Crippen LogP contribution in [0.4, 0.5) is 11.4 Å². The minimum Gasteiger partial charge on any atom is -0.345 e. The molecule has 2 nitrogen and oxygen atoms in total. The van der Waals surface area contributed by atoms with E-state index in [-0.39, 0.29) is 5.92 Å². The third kappa shape index (κ3) is 5.95. The van der Waals surface area contributed by atoms with Crippen LogP contribution in [0, 0.1) is 0 Å². The van der Waals surface area contributed by atoms with Crippen molar-refractivity contribution in [1.82, 2.24) is 4.57 Å². The number of rotatable bonds is 7. The van der Waals surface area contributed by atoms with E-state index < -0.39 is 0 Å². The van der Waals surface area contributed by atoms with Crippen molar-refractivity contribution in [2.24, 2.45) is 0 Å². The molecule has 0 spiro atoms. The Bertz CT molecular complexity index is 2610. The Morgan fingerprint density at radius 2 is 1.02 bits per heavy atom. The van der Waals surface area contributed by atoms with E-state index in [4.69, 9.17) is 0 Å². The van der Waals surface area contributed by atoms with Crippen LogP contribution in [0.1, 0.15) is 17.0 Å². The number of nitrogens with zero attached hydrogens (tertiary/aromatic N) is 2. The molecule has 7 aromatic carbocycles. The number of hydrogen-bond donors (Lipinski definition) is 0. The highest BCUT2D eigenvalue weighted by Gasteiger charge is 2.17. The van der Waals surface area contributed by atoms with E-state index in [0.29, 0.717) is 0 Å². The number of benzene rings is 7. The summed E-state index contributed by atoms with van der Waals surface area (Å²) in [5.41, 5.74) is 14.4. The maximum Gasteiger partial charge on any atom is 0.0541 e. The molecule has 1 aromatic heterocycles. The van der Waals surface area contributed by atoms with Crippen LogP contribution in [-0.2, 0) is 0 Å². The first-order chi connectivity index (χ1) is 25.7. The highest BCUT2D eigenvalue weighted by atomic mass is 15.1. The summed E-state index contributed by atoms with van der Waals surface area (Å²) in [6.07, 6.45) is 11.2. The molecule has 1 atom stereocenters. The largest absolute Gasteiger partial charge is 0.345 e. The lowest BCUT2D eigenvalue weighted by Crippen LogP contribution is -2.09. The molecular weight excluding hydrogens is 629 g/mol. The molecule has 2 heteroatoms. The lowest BCUT2D eigenvalue weighted by molar-refractivity contribution is 1.09. The average molecular weight is 667 g/mol. The van der Waals surface area contributed by atoms with Crippen LogP contribution < -0.4 is 4.90 Å². The Hall–Kier alpha value is -6.64. The van der Waals surface area contributed by atoms with Crippen LogP contribution in [0.15, 0.2) is 206 Å². The fourth-order valence-corrected chi connectivity index (χ4v) is 7.52. The molecule has 0 saturated heterocycles. The molecule has 1 unspecified atom stereocenters. The first-order valence-corrected chi connectivity index (χ1v) is 17.9. The van der Waals surface area contributed by atoms with Gasteiger partial charge >= 0.3 is 0 Å². The van der Waals surface area contributed by atoms with Crippen LogP contribution in [-0.4, -0.2) is 11.6 Å². The van der Waals surface area contributed by atoms with E-state index in [1.54, 1.807) is 0 Å². The van der Waals surface area contributed by atoms with E-state index in [1.165, 1.54) is 60.8 Å². The topological polar surface area (TPSA) is 8.17 Å². The molecule has 0 radical (unpaired) electrons. The highest BCUT2D eigenvalue weighted by molar-refractivity contribution is 6.11. The Labute approximate surface area is 305 Å². The molecule has 1 aliphatic carbocycles. The van der Waals surface area contributed by atoms with Crippen LogP contribution in [0.25, 0.3) is 55.3 Å². The average Bonchev–Trinajstić information content (AvgIpc) is 3.34. The SMILES string of the molecule is CN(c1ccccc1)c1ccc(-n2c3ccc(C4=CC(c5ccccc5)C=CC=C4)cc3c3cc(-c4cccc(-c5ccccc5)c4)ccc32)cc1. The van der Waals surface area contributed by atoms with E-state index in [2.05, 4.69) is 223 Å². The normalized spacial score (nSPS) is 14.0. The Kier molecular flexibility index (Phi) is 8.19. The summed E-state index contributed by atoms with van der Waals surface area (Å²) >= 11 is 0. The van der Waals surface area contributed by atoms with Crippen molar-refractivity contribution in [3.8, 4) is 27.9 Å². The van der Waals surface area contributed by atoms with Crippen molar-refractivity contribution < 1.29 is 0 Å². The molecule has 248 valence electrons. The molecule has 1 aliphatic rings. The molecule has 0 fully saturated rings. The summed E-state index contributed by atoms with van der Waals surface area (Å²) in [7, 11) is 2.12. The smallest absolute Gasteiger partial charge is 0.0541 e. The van der Waals surface area contributed by atoms with Crippen LogP contribution in [0.3, 0.4) is 0 Å². The zero-order valence-electron chi connectivity index (χ0n) is 29.1. The molecule has 52 heavy (non-hydrogen) atoms. The van der Waals surface area contributed by atoms with Crippen molar-refractivity contribution in [2.45, 2.75) is 5.92 Å². The Morgan fingerprint density at radius 1 is 0.462 bits per heavy atom. The second-order valence-corrected chi connectivity index (χ2v) is 13.5. The van der Waals surface area contributed by atoms with Crippen molar-refractivity contribution in [1.29, 1.82) is 0 Å². The van der Waals surface area contributed by atoms with Gasteiger partial charge in [0.15, 0.2) is 0 Å². The van der Waals surface area contributed by atoms with Crippen LogP contribution in [0.2, 0.25) is 0 Å². The van der Waals surface area contributed by atoms with E-state index in [9.17, 15) is 0 Å². The van der Waals surface area contributed by atoms with Crippen molar-refractivity contribution in [3.63, 3.8) is 0 Å². The van der Waals surface area contributed by atoms with Crippen molar-refractivity contribution >= 4 is 38.8 Å². The number of allylic oxidation sites excluding steroid dienone is 6. The molecule has 0 aliphatic heterocycles. The zero-order chi connectivity index (χ0) is 34.9. The molecule has 8 aromatic rings. The lowest BCUT2D eigenvalue weighted by Gasteiger charge is -2.20.